The van der Waals surface area contributed by atoms with Crippen molar-refractivity contribution < 1.29 is 18.7 Å². The van der Waals surface area contributed by atoms with Crippen LogP contribution in [-0.2, 0) is 4.79 Å². The molecule has 1 N–H and O–H groups in total. The smallest absolute Gasteiger partial charge is 0.210 e. The van der Waals surface area contributed by atoms with Gasteiger partial charge in [-0.15, -0.1) is 0 Å². The van der Waals surface area contributed by atoms with E-state index >= 15 is 0 Å². The second-order valence-corrected chi connectivity index (χ2v) is 6.85. The second-order valence-electron chi connectivity index (χ2n) is 6.85. The molecule has 0 spiro atoms. The first-order chi connectivity index (χ1) is 14.3. The van der Waals surface area contributed by atoms with Crippen LogP contribution in [0.3, 0.4) is 0 Å². The van der Waals surface area contributed by atoms with Crippen LogP contribution in [0.5, 0.6) is 11.5 Å². The Kier molecular flexibility index (Phi) is 5.76. The summed E-state index contributed by atoms with van der Waals surface area (Å²) in [6.45, 7) is 1.49. The first-order valence-corrected chi connectivity index (χ1v) is 9.47. The third kappa shape index (κ3) is 4.25. The van der Waals surface area contributed by atoms with Gasteiger partial charge >= 0.3 is 0 Å². The molecule has 3 aromatic rings. The van der Waals surface area contributed by atoms with Crippen molar-refractivity contribution in [3.05, 3.63) is 66.9 Å². The average molecular weight is 393 g/mol. The van der Waals surface area contributed by atoms with E-state index in [-0.39, 0.29) is 12.1 Å². The summed E-state index contributed by atoms with van der Waals surface area (Å²) in [5.74, 6) is 2.27. The van der Waals surface area contributed by atoms with E-state index in [1.54, 1.807) is 30.7 Å². The monoisotopic (exact) mass is 393 g/mol. The minimum absolute atomic E-state index is 0.0702. The van der Waals surface area contributed by atoms with Crippen LogP contribution in [0.4, 0.5) is 0 Å². The van der Waals surface area contributed by atoms with Gasteiger partial charge in [0.05, 0.1) is 31.7 Å². The normalized spacial score (nSPS) is 19.0. The van der Waals surface area contributed by atoms with Crippen molar-refractivity contribution in [2.24, 2.45) is 0 Å². The SMILES string of the molecule is COc1cccc(-c2ccoc2C2CN(C=O)C(COc3cccnc3)CN2)c1. The molecule has 1 aliphatic rings. The fourth-order valence-corrected chi connectivity index (χ4v) is 3.52. The van der Waals surface area contributed by atoms with Crippen LogP contribution in [0.2, 0.25) is 0 Å². The van der Waals surface area contributed by atoms with E-state index in [4.69, 9.17) is 13.9 Å². The number of carbonyl (C=O) groups excluding carboxylic acids is 1. The van der Waals surface area contributed by atoms with E-state index in [1.807, 2.05) is 42.5 Å². The lowest BCUT2D eigenvalue weighted by Crippen LogP contribution is -2.54. The molecule has 1 amide bonds. The molecule has 0 bridgehead atoms. The molecule has 7 heteroatoms. The Hall–Kier alpha value is -3.32. The molecule has 1 fully saturated rings. The molecule has 2 unspecified atom stereocenters. The zero-order valence-electron chi connectivity index (χ0n) is 16.2. The maximum atomic E-state index is 11.7. The molecule has 1 aromatic carbocycles. The number of benzene rings is 1. The average Bonchev–Trinajstić information content (AvgIpc) is 3.28. The largest absolute Gasteiger partial charge is 0.497 e. The van der Waals surface area contributed by atoms with Gasteiger partial charge < -0.3 is 24.1 Å². The molecular formula is C22H23N3O4. The van der Waals surface area contributed by atoms with Crippen molar-refractivity contribution in [1.29, 1.82) is 0 Å². The lowest BCUT2D eigenvalue weighted by atomic mass is 10.00. The summed E-state index contributed by atoms with van der Waals surface area (Å²) in [7, 11) is 1.65. The highest BCUT2D eigenvalue weighted by Crippen LogP contribution is 2.33. The quantitative estimate of drug-likeness (QED) is 0.622. The number of hydrogen-bond acceptors (Lipinski definition) is 6. The number of amides is 1. The Bertz CT molecular complexity index is 944. The number of nitrogens with zero attached hydrogens (tertiary/aromatic N) is 2. The Morgan fingerprint density at radius 3 is 2.97 bits per heavy atom. The van der Waals surface area contributed by atoms with Crippen LogP contribution in [-0.4, -0.2) is 49.1 Å². The first-order valence-electron chi connectivity index (χ1n) is 9.47. The fraction of sp³-hybridized carbons (Fsp3) is 0.273. The summed E-state index contributed by atoms with van der Waals surface area (Å²) < 4.78 is 16.9. The molecule has 1 aliphatic heterocycles. The van der Waals surface area contributed by atoms with Crippen molar-refractivity contribution in [2.45, 2.75) is 12.1 Å². The molecule has 2 atom stereocenters. The van der Waals surface area contributed by atoms with Crippen LogP contribution < -0.4 is 14.8 Å². The van der Waals surface area contributed by atoms with Crippen molar-refractivity contribution in [3.63, 3.8) is 0 Å². The van der Waals surface area contributed by atoms with Crippen molar-refractivity contribution >= 4 is 6.41 Å². The van der Waals surface area contributed by atoms with E-state index in [0.717, 1.165) is 29.0 Å². The molecule has 2 aromatic heterocycles. The van der Waals surface area contributed by atoms with Crippen LogP contribution in [0.15, 0.2) is 65.5 Å². The topological polar surface area (TPSA) is 76.8 Å². The Labute approximate surface area is 169 Å². The minimum Gasteiger partial charge on any atom is -0.497 e. The highest BCUT2D eigenvalue weighted by atomic mass is 16.5. The lowest BCUT2D eigenvalue weighted by Gasteiger charge is -2.37. The van der Waals surface area contributed by atoms with Crippen molar-refractivity contribution in [3.8, 4) is 22.6 Å². The Morgan fingerprint density at radius 2 is 2.17 bits per heavy atom. The highest BCUT2D eigenvalue weighted by Gasteiger charge is 2.31. The lowest BCUT2D eigenvalue weighted by molar-refractivity contribution is -0.122. The number of ether oxygens (including phenoxy) is 2. The predicted molar refractivity (Wildman–Crippen MR) is 108 cm³/mol. The maximum Gasteiger partial charge on any atom is 0.210 e. The molecule has 0 saturated carbocycles. The molecular weight excluding hydrogens is 370 g/mol. The standard InChI is InChI=1S/C22H23N3O4/c1-27-18-5-2-4-16(10-18)20-7-9-28-22(20)21-13-25(15-26)17(11-24-21)14-29-19-6-3-8-23-12-19/h2-10,12,15,17,21,24H,11,13-14H2,1H3. The Balaban J connectivity index is 1.46. The summed E-state index contributed by atoms with van der Waals surface area (Å²) in [4.78, 5) is 17.5. The Morgan fingerprint density at radius 1 is 1.28 bits per heavy atom. The molecule has 0 radical (unpaired) electrons. The van der Waals surface area contributed by atoms with Crippen LogP contribution in [0, 0.1) is 0 Å². The maximum absolute atomic E-state index is 11.7. The van der Waals surface area contributed by atoms with Crippen molar-refractivity contribution in [2.75, 3.05) is 26.8 Å². The summed E-state index contributed by atoms with van der Waals surface area (Å²) in [5, 5.41) is 3.49. The van der Waals surface area contributed by atoms with Gasteiger partial charge in [-0.05, 0) is 35.9 Å². The van der Waals surface area contributed by atoms with Gasteiger partial charge in [-0.1, -0.05) is 12.1 Å². The van der Waals surface area contributed by atoms with Gasteiger partial charge in [-0.3, -0.25) is 9.78 Å². The van der Waals surface area contributed by atoms with Gasteiger partial charge in [0.2, 0.25) is 6.41 Å². The van der Waals surface area contributed by atoms with E-state index in [1.165, 1.54) is 0 Å². The van der Waals surface area contributed by atoms with Gasteiger partial charge in [0, 0.05) is 24.8 Å². The molecule has 0 aliphatic carbocycles. The number of aromatic nitrogens is 1. The zero-order chi connectivity index (χ0) is 20.1. The number of nitrogens with one attached hydrogen (secondary N) is 1. The molecule has 1 saturated heterocycles. The summed E-state index contributed by atoms with van der Waals surface area (Å²) in [5.41, 5.74) is 1.99. The summed E-state index contributed by atoms with van der Waals surface area (Å²) >= 11 is 0. The fourth-order valence-electron chi connectivity index (χ4n) is 3.52. The third-order valence-electron chi connectivity index (χ3n) is 5.07. The van der Waals surface area contributed by atoms with Crippen LogP contribution >= 0.6 is 0 Å². The molecule has 29 heavy (non-hydrogen) atoms. The van der Waals surface area contributed by atoms with Crippen LogP contribution in [0.1, 0.15) is 11.8 Å². The first kappa shape index (κ1) is 19.0. The molecule has 150 valence electrons. The number of carbonyl (C=O) groups is 1. The number of furan rings is 1. The number of piperazine rings is 1. The van der Waals surface area contributed by atoms with Crippen molar-refractivity contribution in [1.82, 2.24) is 15.2 Å². The van der Waals surface area contributed by atoms with Crippen LogP contribution in [0.25, 0.3) is 11.1 Å². The predicted octanol–water partition coefficient (Wildman–Crippen LogP) is 2.90. The molecule has 7 nitrogen and oxygen atoms in total. The summed E-state index contributed by atoms with van der Waals surface area (Å²) in [6.07, 6.45) is 5.90. The molecule has 4 rings (SSSR count). The van der Waals surface area contributed by atoms with Gasteiger partial charge in [0.25, 0.3) is 0 Å². The van der Waals surface area contributed by atoms with Gasteiger partial charge in [0.1, 0.15) is 23.9 Å². The van der Waals surface area contributed by atoms with Gasteiger partial charge in [0.15, 0.2) is 0 Å². The van der Waals surface area contributed by atoms with E-state index < -0.39 is 0 Å². The highest BCUT2D eigenvalue weighted by molar-refractivity contribution is 5.67. The zero-order valence-corrected chi connectivity index (χ0v) is 16.2. The number of rotatable bonds is 7. The minimum atomic E-state index is -0.106. The number of methoxy groups -OCH3 is 1. The van der Waals surface area contributed by atoms with E-state index in [2.05, 4.69) is 10.3 Å². The second kappa shape index (κ2) is 8.79. The number of hydrogen-bond donors (Lipinski definition) is 1. The van der Waals surface area contributed by atoms with E-state index in [0.29, 0.717) is 25.4 Å². The van der Waals surface area contributed by atoms with Gasteiger partial charge in [-0.25, -0.2) is 0 Å². The molecule has 3 heterocycles. The number of pyridine rings is 1. The summed E-state index contributed by atoms with van der Waals surface area (Å²) in [6, 6.07) is 13.3. The van der Waals surface area contributed by atoms with E-state index in [9.17, 15) is 4.79 Å². The van der Waals surface area contributed by atoms with Gasteiger partial charge in [-0.2, -0.15) is 0 Å². The third-order valence-corrected chi connectivity index (χ3v) is 5.07.